The highest BCUT2D eigenvalue weighted by atomic mass is 32.2. The van der Waals surface area contributed by atoms with Crippen LogP contribution < -0.4 is 5.32 Å². The SMILES string of the molecule is CC(Cc1ccco1)NC(=O)C1CCS(=O)(=O)C1. The number of hydrogen-bond donors (Lipinski definition) is 1. The third kappa shape index (κ3) is 3.35. The van der Waals surface area contributed by atoms with E-state index in [-0.39, 0.29) is 23.5 Å². The van der Waals surface area contributed by atoms with Gasteiger partial charge in [0.1, 0.15) is 5.76 Å². The summed E-state index contributed by atoms with van der Waals surface area (Å²) in [6, 6.07) is 3.59. The van der Waals surface area contributed by atoms with Crippen molar-refractivity contribution in [2.24, 2.45) is 5.92 Å². The third-order valence-corrected chi connectivity index (χ3v) is 4.85. The Kier molecular flexibility index (Phi) is 3.75. The van der Waals surface area contributed by atoms with Gasteiger partial charge in [-0.05, 0) is 25.5 Å². The Balaban J connectivity index is 1.84. The number of amides is 1. The second-order valence-electron chi connectivity index (χ2n) is 4.79. The summed E-state index contributed by atoms with van der Waals surface area (Å²) < 4.78 is 27.8. The van der Waals surface area contributed by atoms with Crippen molar-refractivity contribution >= 4 is 15.7 Å². The van der Waals surface area contributed by atoms with Crippen LogP contribution in [-0.2, 0) is 21.1 Å². The second-order valence-corrected chi connectivity index (χ2v) is 7.02. The number of nitrogens with one attached hydrogen (secondary N) is 1. The maximum Gasteiger partial charge on any atom is 0.224 e. The maximum atomic E-state index is 11.9. The van der Waals surface area contributed by atoms with Crippen molar-refractivity contribution in [1.29, 1.82) is 0 Å². The summed E-state index contributed by atoms with van der Waals surface area (Å²) in [5.74, 6) is 0.343. The number of carbonyl (C=O) groups excluding carboxylic acids is 1. The van der Waals surface area contributed by atoms with E-state index in [4.69, 9.17) is 4.42 Å². The molecule has 1 aromatic rings. The number of hydrogen-bond acceptors (Lipinski definition) is 4. The number of rotatable bonds is 4. The van der Waals surface area contributed by atoms with Gasteiger partial charge in [0, 0.05) is 12.5 Å². The summed E-state index contributed by atoms with van der Waals surface area (Å²) in [5.41, 5.74) is 0. The first-order valence-corrected chi connectivity index (χ1v) is 7.81. The topological polar surface area (TPSA) is 76.4 Å². The molecule has 1 saturated heterocycles. The lowest BCUT2D eigenvalue weighted by Crippen LogP contribution is -2.38. The van der Waals surface area contributed by atoms with E-state index in [9.17, 15) is 13.2 Å². The van der Waals surface area contributed by atoms with Crippen molar-refractivity contribution in [3.8, 4) is 0 Å². The highest BCUT2D eigenvalue weighted by Crippen LogP contribution is 2.18. The average molecular weight is 271 g/mol. The minimum Gasteiger partial charge on any atom is -0.469 e. The zero-order chi connectivity index (χ0) is 13.2. The fourth-order valence-electron chi connectivity index (χ4n) is 2.14. The fourth-order valence-corrected chi connectivity index (χ4v) is 3.89. The van der Waals surface area contributed by atoms with E-state index in [2.05, 4.69) is 5.32 Å². The standard InChI is InChI=1S/C12H17NO4S/c1-9(7-11-3-2-5-17-11)13-12(14)10-4-6-18(15,16)8-10/h2-3,5,9-10H,4,6-8H2,1H3,(H,13,14). The van der Waals surface area contributed by atoms with Crippen LogP contribution in [0.3, 0.4) is 0 Å². The molecule has 2 heterocycles. The molecule has 100 valence electrons. The van der Waals surface area contributed by atoms with Crippen LogP contribution in [0.1, 0.15) is 19.1 Å². The first-order chi connectivity index (χ1) is 8.46. The van der Waals surface area contributed by atoms with E-state index in [1.54, 1.807) is 12.3 Å². The van der Waals surface area contributed by atoms with Crippen molar-refractivity contribution in [2.75, 3.05) is 11.5 Å². The third-order valence-electron chi connectivity index (χ3n) is 3.08. The number of sulfone groups is 1. The molecule has 1 aliphatic heterocycles. The molecule has 5 nitrogen and oxygen atoms in total. The Morgan fingerprint density at radius 1 is 1.61 bits per heavy atom. The number of furan rings is 1. The van der Waals surface area contributed by atoms with Gasteiger partial charge in [0.25, 0.3) is 0 Å². The molecule has 2 unspecified atom stereocenters. The second kappa shape index (κ2) is 5.14. The molecular weight excluding hydrogens is 254 g/mol. The first-order valence-electron chi connectivity index (χ1n) is 5.99. The molecule has 6 heteroatoms. The molecule has 1 aromatic heterocycles. The molecule has 2 rings (SSSR count). The molecule has 1 amide bonds. The molecular formula is C12H17NO4S. The van der Waals surface area contributed by atoms with Gasteiger partial charge in [-0.3, -0.25) is 4.79 Å². The molecule has 0 aromatic carbocycles. The Morgan fingerprint density at radius 2 is 2.39 bits per heavy atom. The lowest BCUT2D eigenvalue weighted by atomic mass is 10.1. The Morgan fingerprint density at radius 3 is 2.94 bits per heavy atom. The molecule has 1 fully saturated rings. The number of carbonyl (C=O) groups is 1. The van der Waals surface area contributed by atoms with E-state index in [1.807, 2.05) is 13.0 Å². The van der Waals surface area contributed by atoms with Gasteiger partial charge in [-0.25, -0.2) is 8.42 Å². The van der Waals surface area contributed by atoms with E-state index >= 15 is 0 Å². The van der Waals surface area contributed by atoms with Crippen LogP contribution in [-0.4, -0.2) is 31.9 Å². The first kappa shape index (κ1) is 13.1. The van der Waals surface area contributed by atoms with Crippen molar-refractivity contribution in [3.63, 3.8) is 0 Å². The quantitative estimate of drug-likeness (QED) is 0.877. The summed E-state index contributed by atoms with van der Waals surface area (Å²) in [7, 11) is -3.01. The summed E-state index contributed by atoms with van der Waals surface area (Å²) >= 11 is 0. The van der Waals surface area contributed by atoms with E-state index < -0.39 is 15.8 Å². The summed E-state index contributed by atoms with van der Waals surface area (Å²) in [6.07, 6.45) is 2.63. The molecule has 0 saturated carbocycles. The van der Waals surface area contributed by atoms with Gasteiger partial charge in [0.2, 0.25) is 5.91 Å². The average Bonchev–Trinajstić information content (AvgIpc) is 2.87. The molecule has 1 N–H and O–H groups in total. The monoisotopic (exact) mass is 271 g/mol. The molecule has 0 bridgehead atoms. The molecule has 2 atom stereocenters. The van der Waals surface area contributed by atoms with Gasteiger partial charge < -0.3 is 9.73 Å². The van der Waals surface area contributed by atoms with Gasteiger partial charge in [-0.1, -0.05) is 0 Å². The highest BCUT2D eigenvalue weighted by Gasteiger charge is 2.33. The van der Waals surface area contributed by atoms with Gasteiger partial charge in [-0.2, -0.15) is 0 Å². The summed E-state index contributed by atoms with van der Waals surface area (Å²) in [4.78, 5) is 11.9. The van der Waals surface area contributed by atoms with Gasteiger partial charge in [-0.15, -0.1) is 0 Å². The Bertz CT molecular complexity index is 506. The van der Waals surface area contributed by atoms with Crippen LogP contribution in [0.15, 0.2) is 22.8 Å². The Hall–Kier alpha value is -1.30. The summed E-state index contributed by atoms with van der Waals surface area (Å²) in [6.45, 7) is 1.88. The lowest BCUT2D eigenvalue weighted by Gasteiger charge is -2.15. The van der Waals surface area contributed by atoms with Crippen molar-refractivity contribution in [2.45, 2.75) is 25.8 Å². The summed E-state index contributed by atoms with van der Waals surface area (Å²) in [5, 5.41) is 2.83. The predicted molar refractivity (Wildman–Crippen MR) is 66.8 cm³/mol. The van der Waals surface area contributed by atoms with Crippen LogP contribution in [0, 0.1) is 5.92 Å². The maximum absolute atomic E-state index is 11.9. The van der Waals surface area contributed by atoms with Crippen molar-refractivity contribution in [1.82, 2.24) is 5.32 Å². The smallest absolute Gasteiger partial charge is 0.224 e. The predicted octanol–water partition coefficient (Wildman–Crippen LogP) is 0.762. The van der Waals surface area contributed by atoms with Crippen LogP contribution >= 0.6 is 0 Å². The zero-order valence-corrected chi connectivity index (χ0v) is 11.1. The molecule has 0 spiro atoms. The molecule has 0 aliphatic carbocycles. The fraction of sp³-hybridized carbons (Fsp3) is 0.583. The van der Waals surface area contributed by atoms with Gasteiger partial charge >= 0.3 is 0 Å². The lowest BCUT2D eigenvalue weighted by molar-refractivity contribution is -0.124. The van der Waals surface area contributed by atoms with Crippen LogP contribution in [0.25, 0.3) is 0 Å². The van der Waals surface area contributed by atoms with Crippen LogP contribution in [0.4, 0.5) is 0 Å². The van der Waals surface area contributed by atoms with Gasteiger partial charge in [0.15, 0.2) is 9.84 Å². The molecule has 18 heavy (non-hydrogen) atoms. The van der Waals surface area contributed by atoms with E-state index in [0.29, 0.717) is 12.8 Å². The Labute approximate surface area is 106 Å². The van der Waals surface area contributed by atoms with E-state index in [1.165, 1.54) is 0 Å². The van der Waals surface area contributed by atoms with Crippen LogP contribution in [0.5, 0.6) is 0 Å². The minimum absolute atomic E-state index is 0.0215. The van der Waals surface area contributed by atoms with Gasteiger partial charge in [0.05, 0.1) is 23.7 Å². The van der Waals surface area contributed by atoms with Crippen molar-refractivity contribution in [3.05, 3.63) is 24.2 Å². The zero-order valence-electron chi connectivity index (χ0n) is 10.3. The highest BCUT2D eigenvalue weighted by molar-refractivity contribution is 7.91. The molecule has 0 radical (unpaired) electrons. The van der Waals surface area contributed by atoms with E-state index in [0.717, 1.165) is 5.76 Å². The van der Waals surface area contributed by atoms with Crippen molar-refractivity contribution < 1.29 is 17.6 Å². The van der Waals surface area contributed by atoms with Crippen LogP contribution in [0.2, 0.25) is 0 Å². The largest absolute Gasteiger partial charge is 0.469 e. The minimum atomic E-state index is -3.01. The normalized spacial score (nSPS) is 23.7. The molecule has 1 aliphatic rings.